The first-order valence-electron chi connectivity index (χ1n) is 12.8. The number of hydrogen-bond acceptors (Lipinski definition) is 8. The second-order valence-electron chi connectivity index (χ2n) is 9.43. The first-order chi connectivity index (χ1) is 19.0. The van der Waals surface area contributed by atoms with Crippen LogP contribution in [0, 0.1) is 0 Å². The van der Waals surface area contributed by atoms with Crippen LogP contribution in [0.1, 0.15) is 37.9 Å². The number of primary sulfonamides is 1. The molecule has 6 N–H and O–H groups in total. The molecular weight excluding hydrogens is 530 g/mol. The monoisotopic (exact) mass is 563 g/mol. The van der Waals surface area contributed by atoms with E-state index in [1.807, 2.05) is 51.1 Å². The third-order valence-corrected chi connectivity index (χ3v) is 6.94. The molecule has 1 aromatic heterocycles. The number of nitrogens with two attached hydrogens (primary N) is 2. The fraction of sp³-hybridized carbons (Fsp3) is 0.241. The van der Waals surface area contributed by atoms with E-state index in [2.05, 4.69) is 15.6 Å². The minimum Gasteiger partial charge on any atom is -0.490 e. The molecule has 4 rings (SSSR count). The summed E-state index contributed by atoms with van der Waals surface area (Å²) < 4.78 is 35.2. The van der Waals surface area contributed by atoms with Gasteiger partial charge in [-0.1, -0.05) is 18.2 Å². The number of anilines is 2. The molecule has 0 bridgehead atoms. The summed E-state index contributed by atoms with van der Waals surface area (Å²) in [5.74, 6) is 1.18. The summed E-state index contributed by atoms with van der Waals surface area (Å²) in [4.78, 5) is 17.7. The highest BCUT2D eigenvalue weighted by atomic mass is 32.2. The molecule has 0 aliphatic heterocycles. The Bertz CT molecular complexity index is 1620. The van der Waals surface area contributed by atoms with Crippen molar-refractivity contribution < 1.29 is 22.7 Å². The van der Waals surface area contributed by atoms with E-state index in [9.17, 15) is 13.2 Å². The normalized spacial score (nSPS) is 12.2. The summed E-state index contributed by atoms with van der Waals surface area (Å²) in [6.07, 6.45) is 1.57. The van der Waals surface area contributed by atoms with Gasteiger partial charge >= 0.3 is 0 Å². The molecular formula is C29H33N5O5S. The lowest BCUT2D eigenvalue weighted by Crippen LogP contribution is -2.33. The highest BCUT2D eigenvalue weighted by molar-refractivity contribution is 7.89. The van der Waals surface area contributed by atoms with E-state index in [1.54, 1.807) is 30.5 Å². The number of nitrogen functional groups attached to an aromatic ring is 1. The Morgan fingerprint density at radius 1 is 1.02 bits per heavy atom. The fourth-order valence-corrected chi connectivity index (χ4v) is 4.79. The molecule has 1 heterocycles. The van der Waals surface area contributed by atoms with Gasteiger partial charge in [-0.2, -0.15) is 0 Å². The predicted octanol–water partition coefficient (Wildman–Crippen LogP) is 4.12. The number of nitrogens with one attached hydrogen (secondary N) is 2. The topological polar surface area (TPSA) is 159 Å². The Morgan fingerprint density at radius 3 is 2.55 bits per heavy atom. The average molecular weight is 564 g/mol. The Kier molecular flexibility index (Phi) is 8.76. The Labute approximate surface area is 233 Å². The zero-order chi connectivity index (χ0) is 28.9. The molecule has 0 saturated carbocycles. The lowest BCUT2D eigenvalue weighted by Gasteiger charge is -2.22. The van der Waals surface area contributed by atoms with E-state index in [-0.39, 0.29) is 23.5 Å². The van der Waals surface area contributed by atoms with Gasteiger partial charge in [0.05, 0.1) is 17.6 Å². The van der Waals surface area contributed by atoms with Gasteiger partial charge in [0.1, 0.15) is 11.9 Å². The molecule has 1 atom stereocenters. The van der Waals surface area contributed by atoms with E-state index in [0.717, 1.165) is 10.8 Å². The number of pyridine rings is 1. The van der Waals surface area contributed by atoms with Crippen LogP contribution in [0.2, 0.25) is 0 Å². The van der Waals surface area contributed by atoms with Crippen molar-refractivity contribution in [1.29, 1.82) is 0 Å². The van der Waals surface area contributed by atoms with Gasteiger partial charge in [-0.3, -0.25) is 4.79 Å². The first kappa shape index (κ1) is 28.7. The number of aromatic nitrogens is 1. The van der Waals surface area contributed by atoms with Gasteiger partial charge in [-0.05, 0) is 85.8 Å². The van der Waals surface area contributed by atoms with Gasteiger partial charge in [0.15, 0.2) is 11.5 Å². The number of benzene rings is 3. The molecule has 1 amide bonds. The van der Waals surface area contributed by atoms with Crippen LogP contribution in [0.15, 0.2) is 77.8 Å². The van der Waals surface area contributed by atoms with E-state index in [0.29, 0.717) is 40.7 Å². The third kappa shape index (κ3) is 6.99. The zero-order valence-corrected chi connectivity index (χ0v) is 23.4. The van der Waals surface area contributed by atoms with E-state index < -0.39 is 16.1 Å². The van der Waals surface area contributed by atoms with Crippen molar-refractivity contribution in [3.8, 4) is 11.5 Å². The number of nitrogens with zero attached hydrogens (tertiary/aromatic N) is 1. The van der Waals surface area contributed by atoms with Crippen LogP contribution in [0.25, 0.3) is 10.8 Å². The van der Waals surface area contributed by atoms with Crippen LogP contribution in [-0.2, 0) is 21.4 Å². The van der Waals surface area contributed by atoms with E-state index in [1.165, 1.54) is 12.1 Å². The maximum atomic E-state index is 13.6. The van der Waals surface area contributed by atoms with Crippen molar-refractivity contribution in [3.05, 3.63) is 84.1 Å². The van der Waals surface area contributed by atoms with Gasteiger partial charge in [0.2, 0.25) is 15.9 Å². The van der Waals surface area contributed by atoms with Crippen molar-refractivity contribution in [2.45, 2.75) is 44.4 Å². The lowest BCUT2D eigenvalue weighted by atomic mass is 10.0. The average Bonchev–Trinajstić information content (AvgIpc) is 2.91. The quantitative estimate of drug-likeness (QED) is 0.212. The minimum atomic E-state index is -3.87. The minimum absolute atomic E-state index is 0.0269. The van der Waals surface area contributed by atoms with Crippen molar-refractivity contribution in [3.63, 3.8) is 0 Å². The number of hydrogen-bond donors (Lipinski definition) is 4. The van der Waals surface area contributed by atoms with Crippen LogP contribution in [0.4, 0.5) is 11.5 Å². The fourth-order valence-electron chi connectivity index (χ4n) is 4.21. The van der Waals surface area contributed by atoms with Gasteiger partial charge in [-0.25, -0.2) is 18.5 Å². The predicted molar refractivity (Wildman–Crippen MR) is 156 cm³/mol. The van der Waals surface area contributed by atoms with Gasteiger partial charge in [-0.15, -0.1) is 0 Å². The Hall–Kier alpha value is -4.35. The summed E-state index contributed by atoms with van der Waals surface area (Å²) in [6.45, 7) is 6.23. The van der Waals surface area contributed by atoms with Crippen molar-refractivity contribution in [1.82, 2.24) is 10.3 Å². The van der Waals surface area contributed by atoms with Crippen molar-refractivity contribution >= 4 is 38.2 Å². The number of carbonyl (C=O) groups excluding carboxylic acids is 1. The molecule has 0 radical (unpaired) electrons. The maximum absolute atomic E-state index is 13.6. The van der Waals surface area contributed by atoms with Crippen LogP contribution in [-0.4, -0.2) is 32.0 Å². The number of ether oxygens (including phenoxy) is 2. The lowest BCUT2D eigenvalue weighted by molar-refractivity contribution is -0.122. The first-order valence-corrected chi connectivity index (χ1v) is 14.3. The largest absolute Gasteiger partial charge is 0.490 e. The second kappa shape index (κ2) is 12.2. The molecule has 0 aliphatic carbocycles. The highest BCUT2D eigenvalue weighted by Gasteiger charge is 2.23. The molecule has 0 aliphatic rings. The molecule has 40 heavy (non-hydrogen) atoms. The molecule has 4 aromatic rings. The van der Waals surface area contributed by atoms with Crippen molar-refractivity contribution in [2.75, 3.05) is 17.7 Å². The van der Waals surface area contributed by atoms with Crippen LogP contribution < -0.4 is 31.0 Å². The van der Waals surface area contributed by atoms with Crippen LogP contribution in [0.5, 0.6) is 11.5 Å². The standard InChI is InChI=1S/C29H33N5O5S/c1-4-38-26-16-21(8-11-25(26)39-18(2)3)27(34-22-9-10-24-20(15-22)12-13-32-28(24)30)29(35)33-17-19-6-5-7-23(14-19)40(31,36)37/h5-16,18,27,34H,4,17H2,1-3H3,(H2,30,32)(H,33,35)(H2,31,36,37). The molecule has 0 spiro atoms. The smallest absolute Gasteiger partial charge is 0.247 e. The molecule has 11 heteroatoms. The van der Waals surface area contributed by atoms with Gasteiger partial charge < -0.3 is 25.8 Å². The summed E-state index contributed by atoms with van der Waals surface area (Å²) in [5, 5.41) is 13.2. The second-order valence-corrected chi connectivity index (χ2v) is 11.0. The maximum Gasteiger partial charge on any atom is 0.247 e. The molecule has 1 unspecified atom stereocenters. The number of amides is 1. The van der Waals surface area contributed by atoms with Crippen molar-refractivity contribution in [2.24, 2.45) is 5.14 Å². The summed E-state index contributed by atoms with van der Waals surface area (Å²) in [7, 11) is -3.87. The SMILES string of the molecule is CCOc1cc(C(Nc2ccc3c(N)nccc3c2)C(=O)NCc2cccc(S(N)(=O)=O)c2)ccc1OC(C)C. The van der Waals surface area contributed by atoms with Crippen LogP contribution in [0.3, 0.4) is 0 Å². The van der Waals surface area contributed by atoms with Crippen LogP contribution >= 0.6 is 0 Å². The summed E-state index contributed by atoms with van der Waals surface area (Å²) in [5.41, 5.74) is 7.92. The summed E-state index contributed by atoms with van der Waals surface area (Å²) >= 11 is 0. The van der Waals surface area contributed by atoms with Gasteiger partial charge in [0.25, 0.3) is 0 Å². The molecule has 0 saturated heterocycles. The number of carbonyl (C=O) groups is 1. The molecule has 0 fully saturated rings. The Balaban J connectivity index is 1.67. The van der Waals surface area contributed by atoms with E-state index >= 15 is 0 Å². The molecule has 3 aromatic carbocycles. The Morgan fingerprint density at radius 2 is 1.82 bits per heavy atom. The highest BCUT2D eigenvalue weighted by Crippen LogP contribution is 2.33. The number of sulfonamides is 1. The van der Waals surface area contributed by atoms with E-state index in [4.69, 9.17) is 20.3 Å². The third-order valence-electron chi connectivity index (χ3n) is 6.03. The summed E-state index contributed by atoms with van der Waals surface area (Å²) in [6, 6.07) is 18.1. The zero-order valence-electron chi connectivity index (χ0n) is 22.5. The number of fused-ring (bicyclic) bond motifs is 1. The molecule has 210 valence electrons. The molecule has 10 nitrogen and oxygen atoms in total. The van der Waals surface area contributed by atoms with Gasteiger partial charge in [0, 0.05) is 23.8 Å². The number of rotatable bonds is 11.